The van der Waals surface area contributed by atoms with Crippen molar-refractivity contribution in [2.45, 2.75) is 6.92 Å². The first-order valence-corrected chi connectivity index (χ1v) is 5.32. The van der Waals surface area contributed by atoms with Gasteiger partial charge in [0.25, 0.3) is 5.91 Å². The lowest BCUT2D eigenvalue weighted by Gasteiger charge is -2.08. The summed E-state index contributed by atoms with van der Waals surface area (Å²) < 4.78 is 4.84. The van der Waals surface area contributed by atoms with Crippen LogP contribution in [-0.2, 0) is 9.59 Å². The van der Waals surface area contributed by atoms with E-state index in [1.165, 1.54) is 19.3 Å². The first-order valence-electron chi connectivity index (χ1n) is 5.32. The van der Waals surface area contributed by atoms with E-state index in [1.54, 1.807) is 6.07 Å². The van der Waals surface area contributed by atoms with E-state index in [9.17, 15) is 14.4 Å². The predicted molar refractivity (Wildman–Crippen MR) is 60.9 cm³/mol. The molecule has 1 unspecified atom stereocenters. The quantitative estimate of drug-likeness (QED) is 0.654. The molecule has 7 heteroatoms. The normalized spacial score (nSPS) is 11.6. The van der Waals surface area contributed by atoms with E-state index >= 15 is 0 Å². The standard InChI is InChI=1S/C11H14N2O5/c1-7(11(16)17)5-12-9(14)6-13-10(15)8-3-2-4-18-8/h2-4,7H,5-6H2,1H3,(H,12,14)(H,13,15)(H,16,17). The van der Waals surface area contributed by atoms with Gasteiger partial charge in [-0.25, -0.2) is 0 Å². The van der Waals surface area contributed by atoms with E-state index in [-0.39, 0.29) is 18.8 Å². The average molecular weight is 254 g/mol. The summed E-state index contributed by atoms with van der Waals surface area (Å²) in [5, 5.41) is 13.3. The molecule has 7 nitrogen and oxygen atoms in total. The van der Waals surface area contributed by atoms with Crippen LogP contribution in [0.2, 0.25) is 0 Å². The van der Waals surface area contributed by atoms with Crippen LogP contribution in [0, 0.1) is 5.92 Å². The molecule has 2 amide bonds. The number of hydrogen-bond donors (Lipinski definition) is 3. The van der Waals surface area contributed by atoms with Crippen molar-refractivity contribution in [2.75, 3.05) is 13.1 Å². The van der Waals surface area contributed by atoms with Gasteiger partial charge in [0, 0.05) is 6.54 Å². The molecule has 0 saturated carbocycles. The van der Waals surface area contributed by atoms with Gasteiger partial charge < -0.3 is 20.2 Å². The Bertz CT molecular complexity index is 427. The maximum absolute atomic E-state index is 11.4. The summed E-state index contributed by atoms with van der Waals surface area (Å²) in [4.78, 5) is 33.2. The van der Waals surface area contributed by atoms with E-state index in [4.69, 9.17) is 9.52 Å². The monoisotopic (exact) mass is 254 g/mol. The fourth-order valence-corrected chi connectivity index (χ4v) is 1.07. The lowest BCUT2D eigenvalue weighted by atomic mass is 10.2. The molecule has 0 spiro atoms. The Balaban J connectivity index is 2.25. The summed E-state index contributed by atoms with van der Waals surface area (Å²) >= 11 is 0. The van der Waals surface area contributed by atoms with Crippen molar-refractivity contribution in [1.82, 2.24) is 10.6 Å². The zero-order chi connectivity index (χ0) is 13.5. The van der Waals surface area contributed by atoms with Crippen LogP contribution in [-0.4, -0.2) is 36.0 Å². The van der Waals surface area contributed by atoms with Crippen LogP contribution in [0.4, 0.5) is 0 Å². The maximum atomic E-state index is 11.4. The van der Waals surface area contributed by atoms with Gasteiger partial charge in [-0.2, -0.15) is 0 Å². The molecule has 98 valence electrons. The Morgan fingerprint density at radius 1 is 1.39 bits per heavy atom. The molecule has 0 radical (unpaired) electrons. The largest absolute Gasteiger partial charge is 0.481 e. The molecule has 1 rings (SSSR count). The van der Waals surface area contributed by atoms with E-state index in [1.807, 2.05) is 0 Å². The Hall–Kier alpha value is -2.31. The van der Waals surface area contributed by atoms with Crippen LogP contribution in [0.15, 0.2) is 22.8 Å². The van der Waals surface area contributed by atoms with Gasteiger partial charge in [-0.15, -0.1) is 0 Å². The summed E-state index contributed by atoms with van der Waals surface area (Å²) in [6, 6.07) is 3.03. The number of rotatable bonds is 6. The second-order valence-electron chi connectivity index (χ2n) is 3.70. The van der Waals surface area contributed by atoms with E-state index < -0.39 is 23.7 Å². The van der Waals surface area contributed by atoms with Crippen molar-refractivity contribution in [3.8, 4) is 0 Å². The second-order valence-corrected chi connectivity index (χ2v) is 3.70. The topological polar surface area (TPSA) is 109 Å². The Morgan fingerprint density at radius 3 is 2.67 bits per heavy atom. The Morgan fingerprint density at radius 2 is 2.11 bits per heavy atom. The summed E-state index contributed by atoms with van der Waals surface area (Å²) in [6.45, 7) is 1.26. The van der Waals surface area contributed by atoms with Gasteiger partial charge in [-0.05, 0) is 12.1 Å². The number of carboxylic acids is 1. The van der Waals surface area contributed by atoms with Crippen LogP contribution in [0.3, 0.4) is 0 Å². The van der Waals surface area contributed by atoms with E-state index in [2.05, 4.69) is 10.6 Å². The Labute approximate surface area is 103 Å². The van der Waals surface area contributed by atoms with E-state index in [0.717, 1.165) is 0 Å². The lowest BCUT2D eigenvalue weighted by Crippen LogP contribution is -2.39. The average Bonchev–Trinajstić information content (AvgIpc) is 2.86. The van der Waals surface area contributed by atoms with Crippen LogP contribution in [0.25, 0.3) is 0 Å². The highest BCUT2D eigenvalue weighted by Gasteiger charge is 2.13. The van der Waals surface area contributed by atoms with Gasteiger partial charge >= 0.3 is 5.97 Å². The molecule has 0 fully saturated rings. The minimum atomic E-state index is -0.991. The number of carbonyl (C=O) groups is 3. The van der Waals surface area contributed by atoms with Crippen molar-refractivity contribution in [2.24, 2.45) is 5.92 Å². The first-order chi connectivity index (χ1) is 8.50. The third-order valence-electron chi connectivity index (χ3n) is 2.18. The number of furan rings is 1. The maximum Gasteiger partial charge on any atom is 0.308 e. The minimum Gasteiger partial charge on any atom is -0.481 e. The van der Waals surface area contributed by atoms with Gasteiger partial charge in [0.2, 0.25) is 5.91 Å². The highest BCUT2D eigenvalue weighted by atomic mass is 16.4. The van der Waals surface area contributed by atoms with Crippen molar-refractivity contribution in [3.05, 3.63) is 24.2 Å². The summed E-state index contributed by atoms with van der Waals surface area (Å²) in [6.07, 6.45) is 1.35. The molecule has 0 aromatic carbocycles. The molecule has 1 atom stereocenters. The smallest absolute Gasteiger partial charge is 0.308 e. The number of nitrogens with one attached hydrogen (secondary N) is 2. The van der Waals surface area contributed by atoms with Gasteiger partial charge in [0.15, 0.2) is 5.76 Å². The van der Waals surface area contributed by atoms with Crippen molar-refractivity contribution in [1.29, 1.82) is 0 Å². The molecule has 1 aromatic rings. The van der Waals surface area contributed by atoms with Crippen molar-refractivity contribution in [3.63, 3.8) is 0 Å². The minimum absolute atomic E-state index is 0.0186. The highest BCUT2D eigenvalue weighted by Crippen LogP contribution is 1.98. The summed E-state index contributed by atoms with van der Waals surface area (Å²) in [5.74, 6) is -2.50. The molecule has 0 aliphatic carbocycles. The fourth-order valence-electron chi connectivity index (χ4n) is 1.07. The highest BCUT2D eigenvalue weighted by molar-refractivity contribution is 5.94. The molecule has 0 bridgehead atoms. The number of hydrogen-bond acceptors (Lipinski definition) is 4. The number of amides is 2. The number of carboxylic acid groups (broad SMARTS) is 1. The summed E-state index contributed by atoms with van der Waals surface area (Å²) in [5.41, 5.74) is 0. The fraction of sp³-hybridized carbons (Fsp3) is 0.364. The zero-order valence-electron chi connectivity index (χ0n) is 9.80. The van der Waals surface area contributed by atoms with Gasteiger partial charge in [-0.3, -0.25) is 14.4 Å². The van der Waals surface area contributed by atoms with Gasteiger partial charge in [-0.1, -0.05) is 6.92 Å². The molecule has 1 aromatic heterocycles. The first kappa shape index (κ1) is 13.8. The lowest BCUT2D eigenvalue weighted by molar-refractivity contribution is -0.141. The van der Waals surface area contributed by atoms with Crippen LogP contribution in [0.5, 0.6) is 0 Å². The van der Waals surface area contributed by atoms with E-state index in [0.29, 0.717) is 0 Å². The van der Waals surface area contributed by atoms with Crippen LogP contribution >= 0.6 is 0 Å². The predicted octanol–water partition coefficient (Wildman–Crippen LogP) is -0.154. The van der Waals surface area contributed by atoms with Crippen molar-refractivity contribution < 1.29 is 23.9 Å². The zero-order valence-corrected chi connectivity index (χ0v) is 9.80. The summed E-state index contributed by atoms with van der Waals surface area (Å²) in [7, 11) is 0. The third kappa shape index (κ3) is 4.28. The molecule has 0 aliphatic rings. The van der Waals surface area contributed by atoms with Crippen LogP contribution in [0.1, 0.15) is 17.5 Å². The SMILES string of the molecule is CC(CNC(=O)CNC(=O)c1ccco1)C(=O)O. The molecule has 18 heavy (non-hydrogen) atoms. The third-order valence-corrected chi connectivity index (χ3v) is 2.18. The second kappa shape index (κ2) is 6.43. The molecule has 0 saturated heterocycles. The molecular formula is C11H14N2O5. The molecular weight excluding hydrogens is 240 g/mol. The number of aliphatic carboxylic acids is 1. The van der Waals surface area contributed by atoms with Crippen LogP contribution < -0.4 is 10.6 Å². The molecule has 3 N–H and O–H groups in total. The van der Waals surface area contributed by atoms with Gasteiger partial charge in [0.1, 0.15) is 0 Å². The Kier molecular flexibility index (Phi) is 4.91. The number of carbonyl (C=O) groups excluding carboxylic acids is 2. The van der Waals surface area contributed by atoms with Crippen molar-refractivity contribution >= 4 is 17.8 Å². The molecule has 1 heterocycles. The van der Waals surface area contributed by atoms with Gasteiger partial charge in [0.05, 0.1) is 18.7 Å². The molecule has 0 aliphatic heterocycles.